The molecule has 1 amide bonds. The number of aliphatic hydroxyl groups excluding tert-OH is 1. The molecule has 0 saturated heterocycles. The molecule has 0 fully saturated rings. The van der Waals surface area contributed by atoms with Gasteiger partial charge in [-0.15, -0.1) is 0 Å². The average Bonchev–Trinajstić information content (AvgIpc) is 2.51. The fourth-order valence-electron chi connectivity index (χ4n) is 1.99. The summed E-state index contributed by atoms with van der Waals surface area (Å²) in [4.78, 5) is 11.9. The number of aliphatic hydroxyl groups is 1. The van der Waals surface area contributed by atoms with Gasteiger partial charge in [-0.1, -0.05) is 38.8 Å². The van der Waals surface area contributed by atoms with Crippen molar-refractivity contribution in [3.63, 3.8) is 0 Å². The molecule has 0 aliphatic heterocycles. The number of carbonyl (C=O) groups is 1. The molecule has 0 aromatic heterocycles. The lowest BCUT2D eigenvalue weighted by atomic mass is 10.1. The van der Waals surface area contributed by atoms with Gasteiger partial charge in [0.05, 0.1) is 6.10 Å². The van der Waals surface area contributed by atoms with Crippen LogP contribution in [0.25, 0.3) is 0 Å². The second-order valence-corrected chi connectivity index (χ2v) is 5.25. The highest BCUT2D eigenvalue weighted by Crippen LogP contribution is 2.20. The molecule has 0 spiro atoms. The standard InChI is InChI=1S/C17H27NO3/c1-4-6-7-12-18-17(20)13(3)21-15-10-8-14(9-11-15)16(19)5-2/h8-11,13,16,19H,4-7,12H2,1-3H3,(H,18,20)/t13?,16-/m0/s1. The molecule has 2 N–H and O–H groups in total. The number of hydrogen-bond donors (Lipinski definition) is 2. The molecule has 0 aliphatic rings. The number of nitrogens with one attached hydrogen (secondary N) is 1. The summed E-state index contributed by atoms with van der Waals surface area (Å²) in [5.74, 6) is 0.544. The van der Waals surface area contributed by atoms with Crippen LogP contribution >= 0.6 is 0 Å². The maximum absolute atomic E-state index is 11.9. The van der Waals surface area contributed by atoms with E-state index in [1.165, 1.54) is 0 Å². The van der Waals surface area contributed by atoms with Crippen LogP contribution in [-0.2, 0) is 4.79 Å². The van der Waals surface area contributed by atoms with E-state index in [1.54, 1.807) is 19.1 Å². The van der Waals surface area contributed by atoms with Crippen molar-refractivity contribution in [2.75, 3.05) is 6.54 Å². The first-order valence-electron chi connectivity index (χ1n) is 7.80. The molecule has 0 radical (unpaired) electrons. The summed E-state index contributed by atoms with van der Waals surface area (Å²) in [7, 11) is 0. The number of amides is 1. The molecule has 0 saturated carbocycles. The van der Waals surface area contributed by atoms with Crippen molar-refractivity contribution in [1.29, 1.82) is 0 Å². The van der Waals surface area contributed by atoms with E-state index in [-0.39, 0.29) is 5.91 Å². The van der Waals surface area contributed by atoms with Crippen LogP contribution in [0.1, 0.15) is 58.1 Å². The van der Waals surface area contributed by atoms with Crippen molar-refractivity contribution < 1.29 is 14.6 Å². The van der Waals surface area contributed by atoms with Crippen LogP contribution in [0, 0.1) is 0 Å². The highest BCUT2D eigenvalue weighted by Gasteiger charge is 2.14. The molecule has 0 bridgehead atoms. The normalized spacial score (nSPS) is 13.5. The second kappa shape index (κ2) is 9.40. The van der Waals surface area contributed by atoms with E-state index in [0.29, 0.717) is 18.7 Å². The summed E-state index contributed by atoms with van der Waals surface area (Å²) in [6, 6.07) is 7.23. The molecular weight excluding hydrogens is 266 g/mol. The lowest BCUT2D eigenvalue weighted by Crippen LogP contribution is -2.36. The Bertz CT molecular complexity index is 417. The number of carbonyl (C=O) groups excluding carboxylic acids is 1. The molecule has 2 atom stereocenters. The zero-order chi connectivity index (χ0) is 15.7. The predicted molar refractivity (Wildman–Crippen MR) is 84.3 cm³/mol. The van der Waals surface area contributed by atoms with E-state index in [1.807, 2.05) is 19.1 Å². The Balaban J connectivity index is 2.43. The first-order valence-corrected chi connectivity index (χ1v) is 7.80. The minimum Gasteiger partial charge on any atom is -0.481 e. The van der Waals surface area contributed by atoms with Gasteiger partial charge in [-0.2, -0.15) is 0 Å². The van der Waals surface area contributed by atoms with Gasteiger partial charge in [-0.05, 0) is 37.5 Å². The molecule has 1 rings (SSSR count). The Morgan fingerprint density at radius 1 is 1.24 bits per heavy atom. The molecule has 4 heteroatoms. The van der Waals surface area contributed by atoms with Crippen molar-refractivity contribution in [2.45, 2.75) is 58.7 Å². The molecule has 1 aromatic carbocycles. The van der Waals surface area contributed by atoms with Gasteiger partial charge in [-0.3, -0.25) is 4.79 Å². The Kier molecular flexibility index (Phi) is 7.83. The number of rotatable bonds is 9. The van der Waals surface area contributed by atoms with E-state index in [4.69, 9.17) is 4.74 Å². The fraction of sp³-hybridized carbons (Fsp3) is 0.588. The Morgan fingerprint density at radius 3 is 2.48 bits per heavy atom. The van der Waals surface area contributed by atoms with E-state index >= 15 is 0 Å². The quantitative estimate of drug-likeness (QED) is 0.687. The third kappa shape index (κ3) is 6.17. The summed E-state index contributed by atoms with van der Waals surface area (Å²) >= 11 is 0. The summed E-state index contributed by atoms with van der Waals surface area (Å²) in [6.07, 6.45) is 2.97. The molecule has 4 nitrogen and oxygen atoms in total. The van der Waals surface area contributed by atoms with Crippen LogP contribution in [0.5, 0.6) is 5.75 Å². The summed E-state index contributed by atoms with van der Waals surface area (Å²) in [5.41, 5.74) is 0.863. The summed E-state index contributed by atoms with van der Waals surface area (Å²) < 4.78 is 5.61. The van der Waals surface area contributed by atoms with Crippen molar-refractivity contribution in [2.24, 2.45) is 0 Å². The molecular formula is C17H27NO3. The maximum atomic E-state index is 11.9. The molecule has 0 aliphatic carbocycles. The van der Waals surface area contributed by atoms with Gasteiger partial charge >= 0.3 is 0 Å². The van der Waals surface area contributed by atoms with Crippen molar-refractivity contribution in [3.05, 3.63) is 29.8 Å². The monoisotopic (exact) mass is 293 g/mol. The Hall–Kier alpha value is -1.55. The lowest BCUT2D eigenvalue weighted by molar-refractivity contribution is -0.127. The molecule has 0 heterocycles. The number of benzene rings is 1. The highest BCUT2D eigenvalue weighted by molar-refractivity contribution is 5.80. The third-order valence-corrected chi connectivity index (χ3v) is 3.41. The van der Waals surface area contributed by atoms with Crippen LogP contribution in [0.4, 0.5) is 0 Å². The van der Waals surface area contributed by atoms with Gasteiger partial charge in [0.25, 0.3) is 5.91 Å². The van der Waals surface area contributed by atoms with Crippen molar-refractivity contribution >= 4 is 5.91 Å². The van der Waals surface area contributed by atoms with E-state index < -0.39 is 12.2 Å². The average molecular weight is 293 g/mol. The van der Waals surface area contributed by atoms with Gasteiger partial charge in [0.2, 0.25) is 0 Å². The van der Waals surface area contributed by atoms with Crippen LogP contribution in [0.2, 0.25) is 0 Å². The molecule has 118 valence electrons. The molecule has 21 heavy (non-hydrogen) atoms. The van der Waals surface area contributed by atoms with Crippen molar-refractivity contribution in [1.82, 2.24) is 5.32 Å². The minimum atomic E-state index is -0.520. The zero-order valence-electron chi connectivity index (χ0n) is 13.3. The van der Waals surface area contributed by atoms with E-state index in [9.17, 15) is 9.90 Å². The topological polar surface area (TPSA) is 58.6 Å². The van der Waals surface area contributed by atoms with Crippen LogP contribution < -0.4 is 10.1 Å². The lowest BCUT2D eigenvalue weighted by Gasteiger charge is -2.15. The van der Waals surface area contributed by atoms with Gasteiger partial charge in [0.15, 0.2) is 6.10 Å². The minimum absolute atomic E-state index is 0.0937. The van der Waals surface area contributed by atoms with Gasteiger partial charge in [-0.25, -0.2) is 0 Å². The van der Waals surface area contributed by atoms with Gasteiger partial charge in [0.1, 0.15) is 5.75 Å². The SMILES string of the molecule is CCCCCNC(=O)C(C)Oc1ccc([C@@H](O)CC)cc1. The molecule has 1 aromatic rings. The van der Waals surface area contributed by atoms with E-state index in [0.717, 1.165) is 24.8 Å². The summed E-state index contributed by atoms with van der Waals surface area (Å²) in [6.45, 7) is 6.50. The zero-order valence-corrected chi connectivity index (χ0v) is 13.3. The van der Waals surface area contributed by atoms with Crippen LogP contribution in [-0.4, -0.2) is 23.7 Å². The Morgan fingerprint density at radius 2 is 1.90 bits per heavy atom. The predicted octanol–water partition coefficient (Wildman–Crippen LogP) is 3.20. The first kappa shape index (κ1) is 17.5. The second-order valence-electron chi connectivity index (χ2n) is 5.25. The fourth-order valence-corrected chi connectivity index (χ4v) is 1.99. The largest absolute Gasteiger partial charge is 0.481 e. The first-order chi connectivity index (χ1) is 10.1. The maximum Gasteiger partial charge on any atom is 0.260 e. The number of unbranched alkanes of at least 4 members (excludes halogenated alkanes) is 2. The number of hydrogen-bond acceptors (Lipinski definition) is 3. The summed E-state index contributed by atoms with van der Waals surface area (Å²) in [5, 5.41) is 12.6. The third-order valence-electron chi connectivity index (χ3n) is 3.41. The molecule has 1 unspecified atom stereocenters. The van der Waals surface area contributed by atoms with Gasteiger partial charge in [0, 0.05) is 6.54 Å². The van der Waals surface area contributed by atoms with Crippen LogP contribution in [0.15, 0.2) is 24.3 Å². The van der Waals surface area contributed by atoms with Crippen LogP contribution in [0.3, 0.4) is 0 Å². The van der Waals surface area contributed by atoms with Gasteiger partial charge < -0.3 is 15.2 Å². The highest BCUT2D eigenvalue weighted by atomic mass is 16.5. The van der Waals surface area contributed by atoms with E-state index in [2.05, 4.69) is 12.2 Å². The smallest absolute Gasteiger partial charge is 0.260 e. The Labute approximate surface area is 127 Å². The van der Waals surface area contributed by atoms with Crippen molar-refractivity contribution in [3.8, 4) is 5.75 Å². The number of ether oxygens (including phenoxy) is 1.